The van der Waals surface area contributed by atoms with Crippen LogP contribution < -0.4 is 10.6 Å². The van der Waals surface area contributed by atoms with Crippen LogP contribution in [0.4, 0.5) is 4.79 Å². The monoisotopic (exact) mass is 604 g/mol. The van der Waals surface area contributed by atoms with E-state index in [4.69, 9.17) is 18.9 Å². The van der Waals surface area contributed by atoms with Crippen LogP contribution in [0.15, 0.2) is 0 Å². The molecule has 42 heavy (non-hydrogen) atoms. The summed E-state index contributed by atoms with van der Waals surface area (Å²) in [5, 5.41) is 57.8. The number of hydrogen-bond donors (Lipinski definition) is 7. The second kappa shape index (κ2) is 14.9. The van der Waals surface area contributed by atoms with Gasteiger partial charge in [-0.15, -0.1) is 0 Å². The van der Waals surface area contributed by atoms with Crippen LogP contribution in [0.3, 0.4) is 0 Å². The molecular formula is C29H52N2O11. The molecule has 2 heterocycles. The van der Waals surface area contributed by atoms with E-state index in [0.717, 1.165) is 19.3 Å². The van der Waals surface area contributed by atoms with E-state index in [-0.39, 0.29) is 36.4 Å². The first kappa shape index (κ1) is 34.9. The lowest BCUT2D eigenvalue weighted by molar-refractivity contribution is -0.304. The fourth-order valence-corrected chi connectivity index (χ4v) is 6.30. The standard InChI is InChI=1S/C29H52N2O11/c1-7-16-9-8-14(2)24(39-16)22-15(3)10-17(31-26(37)20(35)12-30-28(38)42-29(4,5)6)25(23(22)36)41-27-19(34)11-18(33)21(13-32)40-27/h14-25,27,32-36H,7-13H2,1-6H3,(H,30,38)(H,31,37). The lowest BCUT2D eigenvalue weighted by Gasteiger charge is -2.51. The van der Waals surface area contributed by atoms with E-state index >= 15 is 0 Å². The van der Waals surface area contributed by atoms with Crippen LogP contribution in [-0.2, 0) is 23.7 Å². The fraction of sp³-hybridized carbons (Fsp3) is 0.931. The normalized spacial score (nSPS) is 40.2. The van der Waals surface area contributed by atoms with Gasteiger partial charge in [-0.1, -0.05) is 20.8 Å². The average Bonchev–Trinajstić information content (AvgIpc) is 2.90. The van der Waals surface area contributed by atoms with Gasteiger partial charge in [-0.2, -0.15) is 0 Å². The van der Waals surface area contributed by atoms with Gasteiger partial charge in [0.25, 0.3) is 5.91 Å². The number of hydrogen-bond acceptors (Lipinski definition) is 11. The van der Waals surface area contributed by atoms with Crippen LogP contribution in [0.5, 0.6) is 0 Å². The van der Waals surface area contributed by atoms with Gasteiger partial charge in [0.05, 0.1) is 43.6 Å². The van der Waals surface area contributed by atoms with Crippen molar-refractivity contribution in [2.24, 2.45) is 17.8 Å². The molecule has 0 aromatic carbocycles. The third-order valence-corrected chi connectivity index (χ3v) is 8.57. The third kappa shape index (κ3) is 8.98. The van der Waals surface area contributed by atoms with Crippen LogP contribution in [0, 0.1) is 17.8 Å². The van der Waals surface area contributed by atoms with Crippen molar-refractivity contribution in [1.82, 2.24) is 10.6 Å². The zero-order valence-electron chi connectivity index (χ0n) is 25.6. The molecule has 2 aliphatic heterocycles. The summed E-state index contributed by atoms with van der Waals surface area (Å²) in [6, 6.07) is -0.800. The zero-order valence-corrected chi connectivity index (χ0v) is 25.6. The molecule has 13 unspecified atom stereocenters. The summed E-state index contributed by atoms with van der Waals surface area (Å²) in [4.78, 5) is 25.0. The lowest BCUT2D eigenvalue weighted by atomic mass is 9.68. The molecule has 13 atom stereocenters. The maximum Gasteiger partial charge on any atom is 0.407 e. The summed E-state index contributed by atoms with van der Waals surface area (Å²) in [5.74, 6) is -1.09. The van der Waals surface area contributed by atoms with Crippen LogP contribution in [0.2, 0.25) is 0 Å². The van der Waals surface area contributed by atoms with Gasteiger partial charge < -0.3 is 55.1 Å². The molecule has 0 bridgehead atoms. The van der Waals surface area contributed by atoms with E-state index in [9.17, 15) is 35.1 Å². The van der Waals surface area contributed by atoms with Crippen molar-refractivity contribution >= 4 is 12.0 Å². The van der Waals surface area contributed by atoms with Gasteiger partial charge in [0.2, 0.25) is 0 Å². The minimum atomic E-state index is -1.61. The number of nitrogens with one attached hydrogen (secondary N) is 2. The van der Waals surface area contributed by atoms with E-state index in [1.165, 1.54) is 0 Å². The number of aliphatic hydroxyl groups excluding tert-OH is 5. The number of aliphatic hydroxyl groups is 5. The maximum absolute atomic E-state index is 13.0. The summed E-state index contributed by atoms with van der Waals surface area (Å²) >= 11 is 0. The second-order valence-electron chi connectivity index (χ2n) is 13.2. The highest BCUT2D eigenvalue weighted by Gasteiger charge is 2.51. The summed E-state index contributed by atoms with van der Waals surface area (Å²) in [6.07, 6.45) is -6.43. The SMILES string of the molecule is CCC1CCC(C)C(C2C(C)CC(NC(=O)C(O)CNC(=O)OC(C)(C)C)C(OC3OC(CO)C(O)CC3O)C2O)O1. The molecule has 0 aromatic rings. The Balaban J connectivity index is 1.78. The molecule has 3 aliphatic rings. The van der Waals surface area contributed by atoms with Gasteiger partial charge in [-0.05, 0) is 58.3 Å². The largest absolute Gasteiger partial charge is 0.444 e. The molecule has 0 radical (unpaired) electrons. The molecule has 3 fully saturated rings. The van der Waals surface area contributed by atoms with Crippen molar-refractivity contribution in [3.05, 3.63) is 0 Å². The van der Waals surface area contributed by atoms with E-state index in [1.54, 1.807) is 20.8 Å². The van der Waals surface area contributed by atoms with E-state index in [0.29, 0.717) is 6.42 Å². The quantitative estimate of drug-likeness (QED) is 0.190. The number of amides is 2. The Morgan fingerprint density at radius 2 is 1.71 bits per heavy atom. The van der Waals surface area contributed by atoms with Crippen molar-refractivity contribution < 1.29 is 54.1 Å². The number of carbonyl (C=O) groups is 2. The van der Waals surface area contributed by atoms with Crippen LogP contribution in [-0.4, -0.2) is 117 Å². The van der Waals surface area contributed by atoms with Gasteiger partial charge in [0.1, 0.15) is 30.0 Å². The number of ether oxygens (including phenoxy) is 4. The molecule has 0 spiro atoms. The smallest absolute Gasteiger partial charge is 0.407 e. The molecule has 2 saturated heterocycles. The Morgan fingerprint density at radius 3 is 2.33 bits per heavy atom. The number of rotatable bonds is 9. The second-order valence-corrected chi connectivity index (χ2v) is 13.2. The molecule has 0 aromatic heterocycles. The Hall–Kier alpha value is -1.58. The minimum absolute atomic E-state index is 0.0744. The molecule has 1 saturated carbocycles. The molecule has 7 N–H and O–H groups in total. The van der Waals surface area contributed by atoms with E-state index in [1.807, 2.05) is 6.92 Å². The molecule has 2 amide bonds. The minimum Gasteiger partial charge on any atom is -0.444 e. The predicted octanol–water partition coefficient (Wildman–Crippen LogP) is 0.182. The summed E-state index contributed by atoms with van der Waals surface area (Å²) in [6.45, 7) is 10.3. The summed E-state index contributed by atoms with van der Waals surface area (Å²) in [5.41, 5.74) is -0.750. The van der Waals surface area contributed by atoms with Crippen LogP contribution >= 0.6 is 0 Å². The van der Waals surface area contributed by atoms with Crippen molar-refractivity contribution in [2.75, 3.05) is 13.2 Å². The highest BCUT2D eigenvalue weighted by molar-refractivity contribution is 5.81. The summed E-state index contributed by atoms with van der Waals surface area (Å²) < 4.78 is 23.4. The van der Waals surface area contributed by atoms with Gasteiger partial charge >= 0.3 is 6.09 Å². The van der Waals surface area contributed by atoms with Crippen molar-refractivity contribution in [3.63, 3.8) is 0 Å². The highest BCUT2D eigenvalue weighted by Crippen LogP contribution is 2.42. The number of carbonyl (C=O) groups excluding carboxylic acids is 2. The van der Waals surface area contributed by atoms with Crippen molar-refractivity contribution in [3.8, 4) is 0 Å². The molecular weight excluding hydrogens is 552 g/mol. The van der Waals surface area contributed by atoms with E-state index < -0.39 is 79.7 Å². The third-order valence-electron chi connectivity index (χ3n) is 8.57. The Kier molecular flexibility index (Phi) is 12.4. The van der Waals surface area contributed by atoms with Gasteiger partial charge in [0.15, 0.2) is 6.29 Å². The Bertz CT molecular complexity index is 886. The molecule has 13 heteroatoms. The van der Waals surface area contributed by atoms with Gasteiger partial charge in [0, 0.05) is 12.3 Å². The van der Waals surface area contributed by atoms with Crippen LogP contribution in [0.1, 0.15) is 73.6 Å². The Labute approximate surface area is 248 Å². The first-order valence-electron chi connectivity index (χ1n) is 15.2. The van der Waals surface area contributed by atoms with Gasteiger partial charge in [-0.25, -0.2) is 4.79 Å². The zero-order chi connectivity index (χ0) is 31.4. The van der Waals surface area contributed by atoms with Crippen molar-refractivity contribution in [1.29, 1.82) is 0 Å². The maximum atomic E-state index is 13.0. The topological polar surface area (TPSA) is 196 Å². The fourth-order valence-electron chi connectivity index (χ4n) is 6.30. The molecule has 244 valence electrons. The predicted molar refractivity (Wildman–Crippen MR) is 150 cm³/mol. The van der Waals surface area contributed by atoms with Crippen LogP contribution in [0.25, 0.3) is 0 Å². The first-order chi connectivity index (χ1) is 19.6. The van der Waals surface area contributed by atoms with Crippen molar-refractivity contribution in [2.45, 2.75) is 140 Å². The summed E-state index contributed by atoms with van der Waals surface area (Å²) in [7, 11) is 0. The molecule has 1 aliphatic carbocycles. The highest BCUT2D eigenvalue weighted by atomic mass is 16.7. The average molecular weight is 605 g/mol. The first-order valence-corrected chi connectivity index (χ1v) is 15.2. The molecule has 13 nitrogen and oxygen atoms in total. The number of alkyl carbamates (subject to hydrolysis) is 1. The van der Waals surface area contributed by atoms with E-state index in [2.05, 4.69) is 24.5 Å². The van der Waals surface area contributed by atoms with Gasteiger partial charge in [-0.3, -0.25) is 4.79 Å². The molecule has 3 rings (SSSR count). The lowest BCUT2D eigenvalue weighted by Crippen LogP contribution is -2.64. The Morgan fingerprint density at radius 1 is 1.02 bits per heavy atom.